The van der Waals surface area contributed by atoms with E-state index in [1.165, 1.54) is 11.1 Å². The van der Waals surface area contributed by atoms with Crippen LogP contribution in [0.15, 0.2) is 18.2 Å². The van der Waals surface area contributed by atoms with E-state index in [0.717, 1.165) is 31.4 Å². The topological polar surface area (TPSA) is 49.8 Å². The van der Waals surface area contributed by atoms with Crippen molar-refractivity contribution in [2.24, 2.45) is 17.8 Å². The van der Waals surface area contributed by atoms with E-state index < -0.39 is 5.60 Å². The molecular formula is C20H27NO3. The molecule has 1 saturated heterocycles. The maximum atomic E-state index is 12.1. The number of likely N-dealkylation sites (tertiary alicyclic amines) is 1. The maximum absolute atomic E-state index is 12.1. The van der Waals surface area contributed by atoms with Gasteiger partial charge in [0, 0.05) is 18.5 Å². The minimum absolute atomic E-state index is 0.143. The summed E-state index contributed by atoms with van der Waals surface area (Å²) in [6.07, 6.45) is 3.94. The quantitative estimate of drug-likeness (QED) is 0.906. The molecule has 2 fully saturated rings. The Kier molecular flexibility index (Phi) is 3.73. The van der Waals surface area contributed by atoms with Crippen molar-refractivity contribution in [2.45, 2.75) is 44.2 Å². The summed E-state index contributed by atoms with van der Waals surface area (Å²) in [6.45, 7) is 2.22. The average molecular weight is 329 g/mol. The summed E-state index contributed by atoms with van der Waals surface area (Å²) in [5.74, 6) is 1.49. The van der Waals surface area contributed by atoms with Crippen LogP contribution in [0.5, 0.6) is 5.75 Å². The molecule has 0 spiro atoms. The van der Waals surface area contributed by atoms with Crippen molar-refractivity contribution in [1.82, 2.24) is 4.90 Å². The first-order chi connectivity index (χ1) is 11.5. The predicted octanol–water partition coefficient (Wildman–Crippen LogP) is 2.59. The minimum atomic E-state index is -0.849. The SMILES string of the molecule is COc1ccc2c(c1)[C@H]1[C@@H](CC2)[C@@H]2CC[C@@H](C(C)=O)[C@@]2(O)CN1C. The van der Waals surface area contributed by atoms with Crippen molar-refractivity contribution in [3.05, 3.63) is 29.3 Å². The zero-order chi connectivity index (χ0) is 17.1. The Hall–Kier alpha value is -1.39. The van der Waals surface area contributed by atoms with Crippen LogP contribution in [0.25, 0.3) is 0 Å². The summed E-state index contributed by atoms with van der Waals surface area (Å²) < 4.78 is 5.44. The molecule has 2 aliphatic carbocycles. The van der Waals surface area contributed by atoms with Gasteiger partial charge in [0.2, 0.25) is 0 Å². The van der Waals surface area contributed by atoms with E-state index in [1.54, 1.807) is 14.0 Å². The Morgan fingerprint density at radius 2 is 2.12 bits per heavy atom. The highest BCUT2D eigenvalue weighted by Crippen LogP contribution is 2.56. The minimum Gasteiger partial charge on any atom is -0.497 e. The molecule has 1 N–H and O–H groups in total. The van der Waals surface area contributed by atoms with Crippen LogP contribution in [0.4, 0.5) is 0 Å². The van der Waals surface area contributed by atoms with Crippen LogP contribution in [-0.2, 0) is 11.2 Å². The molecule has 130 valence electrons. The Morgan fingerprint density at radius 1 is 1.33 bits per heavy atom. The molecule has 1 aromatic rings. The summed E-state index contributed by atoms with van der Waals surface area (Å²) in [6, 6.07) is 6.72. The number of nitrogens with zero attached hydrogens (tertiary/aromatic N) is 1. The van der Waals surface area contributed by atoms with Gasteiger partial charge in [-0.25, -0.2) is 0 Å². The number of methoxy groups -OCH3 is 1. The van der Waals surface area contributed by atoms with Gasteiger partial charge in [0.15, 0.2) is 0 Å². The van der Waals surface area contributed by atoms with Gasteiger partial charge in [-0.3, -0.25) is 9.69 Å². The van der Waals surface area contributed by atoms with Crippen LogP contribution >= 0.6 is 0 Å². The van der Waals surface area contributed by atoms with E-state index in [2.05, 4.69) is 24.1 Å². The van der Waals surface area contributed by atoms with Crippen molar-refractivity contribution in [3.8, 4) is 5.75 Å². The molecule has 0 radical (unpaired) electrons. The molecular weight excluding hydrogens is 302 g/mol. The third-order valence-corrected chi connectivity index (χ3v) is 6.82. The molecule has 4 heteroatoms. The van der Waals surface area contributed by atoms with E-state index >= 15 is 0 Å². The van der Waals surface area contributed by atoms with E-state index in [1.807, 2.05) is 6.07 Å². The first-order valence-electron chi connectivity index (χ1n) is 9.05. The largest absolute Gasteiger partial charge is 0.497 e. The lowest BCUT2D eigenvalue weighted by atomic mass is 9.64. The molecule has 0 aromatic heterocycles. The number of aryl methyl sites for hydroxylation is 1. The lowest BCUT2D eigenvalue weighted by Crippen LogP contribution is -2.60. The van der Waals surface area contributed by atoms with Gasteiger partial charge in [-0.2, -0.15) is 0 Å². The van der Waals surface area contributed by atoms with Gasteiger partial charge >= 0.3 is 0 Å². The van der Waals surface area contributed by atoms with Gasteiger partial charge in [-0.05, 0) is 74.8 Å². The standard InChI is InChI=1S/C20H27NO3/c1-12(22)17-8-9-18-15-7-5-13-4-6-14(24-3)10-16(13)19(15)21(2)11-20(17,18)23/h4,6,10,15,17-19,23H,5,7-9,11H2,1-3H3/t15-,17-,18-,19+,20-/m0/s1. The third kappa shape index (κ3) is 2.16. The van der Waals surface area contributed by atoms with Crippen LogP contribution in [-0.4, -0.2) is 42.1 Å². The molecule has 5 atom stereocenters. The van der Waals surface area contributed by atoms with Crippen molar-refractivity contribution < 1.29 is 14.6 Å². The highest BCUT2D eigenvalue weighted by Gasteiger charge is 2.59. The van der Waals surface area contributed by atoms with Gasteiger partial charge < -0.3 is 9.84 Å². The van der Waals surface area contributed by atoms with E-state index in [4.69, 9.17) is 4.74 Å². The summed E-state index contributed by atoms with van der Waals surface area (Å²) >= 11 is 0. The van der Waals surface area contributed by atoms with E-state index in [9.17, 15) is 9.90 Å². The van der Waals surface area contributed by atoms with Crippen molar-refractivity contribution in [3.63, 3.8) is 0 Å². The zero-order valence-corrected chi connectivity index (χ0v) is 14.8. The number of hydrogen-bond acceptors (Lipinski definition) is 4. The van der Waals surface area contributed by atoms with Crippen molar-refractivity contribution in [1.29, 1.82) is 0 Å². The summed E-state index contributed by atoms with van der Waals surface area (Å²) in [7, 11) is 3.80. The van der Waals surface area contributed by atoms with E-state index in [-0.39, 0.29) is 17.6 Å². The molecule has 0 bridgehead atoms. The third-order valence-electron chi connectivity index (χ3n) is 6.82. The van der Waals surface area contributed by atoms with E-state index in [0.29, 0.717) is 18.5 Å². The average Bonchev–Trinajstić information content (AvgIpc) is 2.90. The number of Topliss-reactive ketones (excluding diaryl/α,β-unsaturated/α-hetero) is 1. The van der Waals surface area contributed by atoms with Crippen LogP contribution < -0.4 is 4.74 Å². The van der Waals surface area contributed by atoms with Crippen molar-refractivity contribution >= 4 is 5.78 Å². The number of fused-ring (bicyclic) bond motifs is 5. The predicted molar refractivity (Wildman–Crippen MR) is 92.0 cm³/mol. The number of β-amino-alcohol motifs (C(OH)–C–C–N with tert-alkyl or cyclic N) is 1. The molecule has 1 aliphatic heterocycles. The number of aliphatic hydroxyl groups is 1. The van der Waals surface area contributed by atoms with Gasteiger partial charge in [0.1, 0.15) is 11.5 Å². The Bertz CT molecular complexity index is 673. The number of benzene rings is 1. The maximum Gasteiger partial charge on any atom is 0.135 e. The Labute approximate surface area is 143 Å². The Balaban J connectivity index is 1.74. The van der Waals surface area contributed by atoms with Crippen LogP contribution in [0, 0.1) is 17.8 Å². The van der Waals surface area contributed by atoms with Gasteiger partial charge in [0.25, 0.3) is 0 Å². The second kappa shape index (κ2) is 5.57. The second-order valence-electron chi connectivity index (χ2n) is 7.97. The highest BCUT2D eigenvalue weighted by molar-refractivity contribution is 5.80. The number of likely N-dealkylation sites (N-methyl/N-ethyl adjacent to an activating group) is 1. The molecule has 1 saturated carbocycles. The zero-order valence-electron chi connectivity index (χ0n) is 14.8. The van der Waals surface area contributed by atoms with Crippen LogP contribution in [0.1, 0.15) is 43.4 Å². The first kappa shape index (κ1) is 16.1. The summed E-state index contributed by atoms with van der Waals surface area (Å²) in [5.41, 5.74) is 1.90. The van der Waals surface area contributed by atoms with Gasteiger partial charge in [-0.15, -0.1) is 0 Å². The fourth-order valence-electron chi connectivity index (χ4n) is 5.87. The number of carbonyl (C=O) groups is 1. The fourth-order valence-corrected chi connectivity index (χ4v) is 5.87. The molecule has 4 rings (SSSR count). The molecule has 3 aliphatic rings. The molecule has 1 heterocycles. The summed E-state index contributed by atoms with van der Waals surface area (Å²) in [4.78, 5) is 14.3. The molecule has 4 nitrogen and oxygen atoms in total. The molecule has 0 amide bonds. The summed E-state index contributed by atoms with van der Waals surface area (Å²) in [5, 5.41) is 11.4. The fraction of sp³-hybridized carbons (Fsp3) is 0.650. The number of ether oxygens (including phenoxy) is 1. The molecule has 24 heavy (non-hydrogen) atoms. The molecule has 1 aromatic carbocycles. The second-order valence-corrected chi connectivity index (χ2v) is 7.97. The number of piperidine rings is 1. The lowest BCUT2D eigenvalue weighted by Gasteiger charge is -2.53. The lowest BCUT2D eigenvalue weighted by molar-refractivity contribution is -0.149. The number of hydrogen-bond donors (Lipinski definition) is 1. The number of carbonyl (C=O) groups excluding carboxylic acids is 1. The normalized spacial score (nSPS) is 38.2. The smallest absolute Gasteiger partial charge is 0.135 e. The van der Waals surface area contributed by atoms with Gasteiger partial charge in [0.05, 0.1) is 12.7 Å². The number of ketones is 1. The van der Waals surface area contributed by atoms with Crippen LogP contribution in [0.3, 0.4) is 0 Å². The van der Waals surface area contributed by atoms with Crippen molar-refractivity contribution in [2.75, 3.05) is 20.7 Å². The monoisotopic (exact) mass is 329 g/mol. The Morgan fingerprint density at radius 3 is 2.83 bits per heavy atom. The highest BCUT2D eigenvalue weighted by atomic mass is 16.5. The molecule has 0 unspecified atom stereocenters. The first-order valence-corrected chi connectivity index (χ1v) is 9.05. The van der Waals surface area contributed by atoms with Gasteiger partial charge in [-0.1, -0.05) is 6.07 Å². The van der Waals surface area contributed by atoms with Crippen LogP contribution in [0.2, 0.25) is 0 Å². The number of rotatable bonds is 2.